The minimum Gasteiger partial charge on any atom is -0.376 e. The summed E-state index contributed by atoms with van der Waals surface area (Å²) in [4.78, 5) is 27.3. The second-order valence-corrected chi connectivity index (χ2v) is 4.76. The fraction of sp³-hybridized carbons (Fsp3) is 0.833. The number of rotatable bonds is 3. The van der Waals surface area contributed by atoms with Gasteiger partial charge in [0.1, 0.15) is 0 Å². The third-order valence-corrected chi connectivity index (χ3v) is 3.31. The number of ether oxygens (including phenoxy) is 2. The van der Waals surface area contributed by atoms with Gasteiger partial charge in [-0.25, -0.2) is 0 Å². The maximum atomic E-state index is 12.1. The summed E-state index contributed by atoms with van der Waals surface area (Å²) in [5.41, 5.74) is 0. The molecular weight excluding hydrogens is 250 g/mol. The van der Waals surface area contributed by atoms with Crippen molar-refractivity contribution in [3.8, 4) is 0 Å². The van der Waals surface area contributed by atoms with Gasteiger partial charge in [0.15, 0.2) is 6.10 Å². The minimum atomic E-state index is -0.574. The molecule has 0 radical (unpaired) electrons. The first-order chi connectivity index (χ1) is 9.18. The first kappa shape index (κ1) is 14.2. The van der Waals surface area contributed by atoms with Crippen molar-refractivity contribution >= 4 is 11.8 Å². The Morgan fingerprint density at radius 2 is 2.05 bits per heavy atom. The normalized spacial score (nSPS) is 24.1. The van der Waals surface area contributed by atoms with E-state index in [2.05, 4.69) is 5.32 Å². The van der Waals surface area contributed by atoms with Gasteiger partial charge in [-0.3, -0.25) is 9.59 Å². The van der Waals surface area contributed by atoms with E-state index in [1.807, 2.05) is 0 Å². The standard InChI is InChI=1S/C12H21N3O4/c1-14(12(17)10-9-18-6-7-19-10)8-11(16)15-4-2-13-3-5-15/h10,13H,2-9H2,1H3. The van der Waals surface area contributed by atoms with Crippen LogP contribution < -0.4 is 5.32 Å². The van der Waals surface area contributed by atoms with Gasteiger partial charge < -0.3 is 24.6 Å². The zero-order valence-corrected chi connectivity index (χ0v) is 11.3. The zero-order chi connectivity index (χ0) is 13.7. The smallest absolute Gasteiger partial charge is 0.254 e. The second-order valence-electron chi connectivity index (χ2n) is 4.76. The molecule has 1 atom stereocenters. The average molecular weight is 271 g/mol. The van der Waals surface area contributed by atoms with Gasteiger partial charge in [0.25, 0.3) is 5.91 Å². The van der Waals surface area contributed by atoms with Crippen LogP contribution in [0.1, 0.15) is 0 Å². The molecule has 0 aromatic rings. The predicted molar refractivity (Wildman–Crippen MR) is 67.6 cm³/mol. The average Bonchev–Trinajstić information content (AvgIpc) is 2.48. The molecule has 2 aliphatic heterocycles. The molecule has 2 amide bonds. The number of hydrogen-bond donors (Lipinski definition) is 1. The van der Waals surface area contributed by atoms with Crippen molar-refractivity contribution in [2.45, 2.75) is 6.10 Å². The molecular formula is C12H21N3O4. The molecule has 0 aromatic carbocycles. The molecule has 0 aliphatic carbocycles. The number of carbonyl (C=O) groups is 2. The van der Waals surface area contributed by atoms with E-state index in [4.69, 9.17) is 9.47 Å². The summed E-state index contributed by atoms with van der Waals surface area (Å²) in [6.45, 7) is 4.33. The van der Waals surface area contributed by atoms with Crippen LogP contribution >= 0.6 is 0 Å². The van der Waals surface area contributed by atoms with Gasteiger partial charge in [0.2, 0.25) is 5.91 Å². The molecule has 2 fully saturated rings. The summed E-state index contributed by atoms with van der Waals surface area (Å²) in [5, 5.41) is 3.19. The van der Waals surface area contributed by atoms with Crippen molar-refractivity contribution in [1.82, 2.24) is 15.1 Å². The van der Waals surface area contributed by atoms with Crippen molar-refractivity contribution in [1.29, 1.82) is 0 Å². The Morgan fingerprint density at radius 3 is 2.68 bits per heavy atom. The van der Waals surface area contributed by atoms with Gasteiger partial charge in [-0.2, -0.15) is 0 Å². The van der Waals surface area contributed by atoms with Crippen molar-refractivity contribution in [3.05, 3.63) is 0 Å². The van der Waals surface area contributed by atoms with E-state index in [1.165, 1.54) is 4.90 Å². The molecule has 2 saturated heterocycles. The lowest BCUT2D eigenvalue weighted by atomic mass is 10.3. The van der Waals surface area contributed by atoms with E-state index in [0.29, 0.717) is 26.3 Å². The number of carbonyl (C=O) groups excluding carboxylic acids is 2. The van der Waals surface area contributed by atoms with E-state index in [9.17, 15) is 9.59 Å². The SMILES string of the molecule is CN(CC(=O)N1CCNCC1)C(=O)C1COCCO1. The summed E-state index contributed by atoms with van der Waals surface area (Å²) in [6, 6.07) is 0. The lowest BCUT2D eigenvalue weighted by Crippen LogP contribution is -2.51. The Kier molecular flexibility index (Phi) is 5.12. The van der Waals surface area contributed by atoms with Crippen LogP contribution in [-0.4, -0.2) is 87.3 Å². The Hall–Kier alpha value is -1.18. The number of nitrogens with zero attached hydrogens (tertiary/aromatic N) is 2. The summed E-state index contributed by atoms with van der Waals surface area (Å²) >= 11 is 0. The maximum absolute atomic E-state index is 12.1. The molecule has 2 aliphatic rings. The molecule has 7 nitrogen and oxygen atoms in total. The first-order valence-corrected chi connectivity index (χ1v) is 6.61. The molecule has 0 bridgehead atoms. The van der Waals surface area contributed by atoms with Gasteiger partial charge in [-0.15, -0.1) is 0 Å². The highest BCUT2D eigenvalue weighted by molar-refractivity contribution is 5.87. The fourth-order valence-electron chi connectivity index (χ4n) is 2.17. The van der Waals surface area contributed by atoms with Gasteiger partial charge in [-0.1, -0.05) is 0 Å². The van der Waals surface area contributed by atoms with Crippen LogP contribution in [0.5, 0.6) is 0 Å². The Bertz CT molecular complexity index is 325. The molecule has 0 spiro atoms. The third-order valence-electron chi connectivity index (χ3n) is 3.31. The molecule has 1 N–H and O–H groups in total. The number of amides is 2. The van der Waals surface area contributed by atoms with Gasteiger partial charge in [0.05, 0.1) is 26.4 Å². The molecule has 0 aromatic heterocycles. The highest BCUT2D eigenvalue weighted by atomic mass is 16.6. The summed E-state index contributed by atoms with van der Waals surface area (Å²) < 4.78 is 10.5. The quantitative estimate of drug-likeness (QED) is 0.662. The number of nitrogens with one attached hydrogen (secondary N) is 1. The Balaban J connectivity index is 1.80. The van der Waals surface area contributed by atoms with E-state index in [1.54, 1.807) is 11.9 Å². The lowest BCUT2D eigenvalue weighted by molar-refractivity contribution is -0.159. The molecule has 108 valence electrons. The van der Waals surface area contributed by atoms with Crippen molar-refractivity contribution in [2.75, 3.05) is 59.6 Å². The van der Waals surface area contributed by atoms with E-state index in [0.717, 1.165) is 13.1 Å². The monoisotopic (exact) mass is 271 g/mol. The summed E-state index contributed by atoms with van der Waals surface area (Å²) in [7, 11) is 1.63. The second kappa shape index (κ2) is 6.83. The molecule has 0 saturated carbocycles. The fourth-order valence-corrected chi connectivity index (χ4v) is 2.17. The summed E-state index contributed by atoms with van der Waals surface area (Å²) in [5.74, 6) is -0.211. The molecule has 1 unspecified atom stereocenters. The van der Waals surface area contributed by atoms with Crippen molar-refractivity contribution < 1.29 is 19.1 Å². The van der Waals surface area contributed by atoms with Crippen molar-refractivity contribution in [2.24, 2.45) is 0 Å². The topological polar surface area (TPSA) is 71.1 Å². The highest BCUT2D eigenvalue weighted by Gasteiger charge is 2.27. The number of piperazine rings is 1. The van der Waals surface area contributed by atoms with Crippen LogP contribution in [-0.2, 0) is 19.1 Å². The van der Waals surface area contributed by atoms with E-state index >= 15 is 0 Å². The number of likely N-dealkylation sites (N-methyl/N-ethyl adjacent to an activating group) is 1. The first-order valence-electron chi connectivity index (χ1n) is 6.61. The Labute approximate surface area is 112 Å². The lowest BCUT2D eigenvalue weighted by Gasteiger charge is -2.31. The van der Waals surface area contributed by atoms with E-state index in [-0.39, 0.29) is 25.0 Å². The molecule has 7 heteroatoms. The van der Waals surface area contributed by atoms with Gasteiger partial charge in [-0.05, 0) is 0 Å². The highest BCUT2D eigenvalue weighted by Crippen LogP contribution is 2.05. The Morgan fingerprint density at radius 1 is 1.32 bits per heavy atom. The largest absolute Gasteiger partial charge is 0.376 e. The van der Waals surface area contributed by atoms with Crippen molar-refractivity contribution in [3.63, 3.8) is 0 Å². The van der Waals surface area contributed by atoms with Crippen LogP contribution in [0.25, 0.3) is 0 Å². The minimum absolute atomic E-state index is 0.0194. The molecule has 2 rings (SSSR count). The molecule has 19 heavy (non-hydrogen) atoms. The van der Waals surface area contributed by atoms with Crippen LogP contribution in [0.4, 0.5) is 0 Å². The third kappa shape index (κ3) is 3.89. The summed E-state index contributed by atoms with van der Waals surface area (Å²) in [6.07, 6.45) is -0.574. The van der Waals surface area contributed by atoms with Gasteiger partial charge in [0, 0.05) is 33.2 Å². The molecule has 2 heterocycles. The van der Waals surface area contributed by atoms with Crippen LogP contribution in [0.3, 0.4) is 0 Å². The zero-order valence-electron chi connectivity index (χ0n) is 11.3. The van der Waals surface area contributed by atoms with E-state index < -0.39 is 6.10 Å². The maximum Gasteiger partial charge on any atom is 0.254 e. The van der Waals surface area contributed by atoms with Gasteiger partial charge >= 0.3 is 0 Å². The van der Waals surface area contributed by atoms with Crippen LogP contribution in [0, 0.1) is 0 Å². The van der Waals surface area contributed by atoms with Crippen LogP contribution in [0.15, 0.2) is 0 Å². The predicted octanol–water partition coefficient (Wildman–Crippen LogP) is -1.71. The van der Waals surface area contributed by atoms with Crippen LogP contribution in [0.2, 0.25) is 0 Å². The number of hydrogen-bond acceptors (Lipinski definition) is 5.